The van der Waals surface area contributed by atoms with E-state index in [1.54, 1.807) is 31.6 Å². The van der Waals surface area contributed by atoms with E-state index in [9.17, 15) is 4.79 Å². The summed E-state index contributed by atoms with van der Waals surface area (Å²) in [5, 5.41) is 0.982. The van der Waals surface area contributed by atoms with Crippen molar-refractivity contribution in [3.8, 4) is 11.5 Å². The molecule has 4 rings (SSSR count). The van der Waals surface area contributed by atoms with E-state index in [1.807, 2.05) is 29.2 Å². The maximum atomic E-state index is 12.8. The van der Waals surface area contributed by atoms with Crippen LogP contribution in [-0.4, -0.2) is 56.2 Å². The normalized spacial score (nSPS) is 14.4. The summed E-state index contributed by atoms with van der Waals surface area (Å²) >= 11 is 1.69. The van der Waals surface area contributed by atoms with Gasteiger partial charge in [-0.15, -0.1) is 0 Å². The van der Waals surface area contributed by atoms with E-state index in [0.717, 1.165) is 34.2 Å². The second-order valence-corrected chi connectivity index (χ2v) is 7.75. The molecule has 1 aliphatic heterocycles. The van der Waals surface area contributed by atoms with Gasteiger partial charge in [0.2, 0.25) is 0 Å². The number of carbonyl (C=O) groups is 1. The lowest BCUT2D eigenvalue weighted by Crippen LogP contribution is -2.48. The fraction of sp³-hybridized carbons (Fsp3) is 0.333. The maximum Gasteiger partial charge on any atom is 0.254 e. The molecule has 3 aromatic rings. The van der Waals surface area contributed by atoms with Crippen LogP contribution in [0.1, 0.15) is 15.9 Å². The predicted molar refractivity (Wildman–Crippen MR) is 112 cm³/mol. The third-order valence-corrected chi connectivity index (χ3v) is 6.32. The van der Waals surface area contributed by atoms with Gasteiger partial charge in [0, 0.05) is 31.7 Å². The number of hydrogen-bond acceptors (Lipinski definition) is 6. The molecule has 0 atom stereocenters. The van der Waals surface area contributed by atoms with Crippen molar-refractivity contribution in [1.82, 2.24) is 9.88 Å². The van der Waals surface area contributed by atoms with E-state index in [0.29, 0.717) is 24.4 Å². The summed E-state index contributed by atoms with van der Waals surface area (Å²) in [4.78, 5) is 21.8. The Labute approximate surface area is 168 Å². The third kappa shape index (κ3) is 3.38. The first-order valence-electron chi connectivity index (χ1n) is 9.23. The summed E-state index contributed by atoms with van der Waals surface area (Å²) in [5.41, 5.74) is 2.77. The van der Waals surface area contributed by atoms with Gasteiger partial charge in [-0.3, -0.25) is 4.79 Å². The lowest BCUT2D eigenvalue weighted by molar-refractivity contribution is 0.0746. The molecule has 7 heteroatoms. The Morgan fingerprint density at radius 2 is 1.86 bits per heavy atom. The number of aromatic nitrogens is 1. The highest BCUT2D eigenvalue weighted by molar-refractivity contribution is 7.22. The van der Waals surface area contributed by atoms with Gasteiger partial charge in [0.05, 0.1) is 18.9 Å². The number of carbonyl (C=O) groups excluding carboxylic acids is 1. The number of amides is 1. The van der Waals surface area contributed by atoms with Gasteiger partial charge in [-0.1, -0.05) is 23.5 Å². The molecule has 0 N–H and O–H groups in total. The molecule has 0 unspecified atom stereocenters. The van der Waals surface area contributed by atoms with Crippen molar-refractivity contribution in [1.29, 1.82) is 0 Å². The molecule has 6 nitrogen and oxygen atoms in total. The zero-order valence-corrected chi connectivity index (χ0v) is 17.1. The Hall–Kier alpha value is -2.80. The smallest absolute Gasteiger partial charge is 0.254 e. The third-order valence-electron chi connectivity index (χ3n) is 5.07. The van der Waals surface area contributed by atoms with Crippen LogP contribution in [0, 0.1) is 6.92 Å². The fourth-order valence-corrected chi connectivity index (χ4v) is 4.54. The number of thiazole rings is 1. The number of methoxy groups -OCH3 is 2. The molecular weight excluding hydrogens is 374 g/mol. The minimum Gasteiger partial charge on any atom is -0.497 e. The summed E-state index contributed by atoms with van der Waals surface area (Å²) in [5.74, 6) is 1.54. The number of ether oxygens (including phenoxy) is 2. The van der Waals surface area contributed by atoms with Crippen LogP contribution in [0.15, 0.2) is 36.4 Å². The summed E-state index contributed by atoms with van der Waals surface area (Å²) in [7, 11) is 3.28. The molecule has 0 radical (unpaired) electrons. The first-order chi connectivity index (χ1) is 13.6. The SMILES string of the molecule is COc1cccc(C(=O)N2CCN(c3nc4c(OC)ccc(C)c4s3)CC2)c1. The Balaban J connectivity index is 1.49. The van der Waals surface area contributed by atoms with Crippen LogP contribution in [0.2, 0.25) is 0 Å². The van der Waals surface area contributed by atoms with Gasteiger partial charge in [-0.05, 0) is 36.8 Å². The molecular formula is C21H23N3O3S. The highest BCUT2D eigenvalue weighted by atomic mass is 32.1. The van der Waals surface area contributed by atoms with Gasteiger partial charge in [-0.25, -0.2) is 4.98 Å². The van der Waals surface area contributed by atoms with Crippen LogP contribution < -0.4 is 14.4 Å². The number of nitrogens with zero attached hydrogens (tertiary/aromatic N) is 3. The summed E-state index contributed by atoms with van der Waals surface area (Å²) < 4.78 is 11.8. The van der Waals surface area contributed by atoms with Crippen LogP contribution in [0.3, 0.4) is 0 Å². The molecule has 28 heavy (non-hydrogen) atoms. The Morgan fingerprint density at radius 3 is 2.57 bits per heavy atom. The zero-order valence-electron chi connectivity index (χ0n) is 16.3. The molecule has 2 aromatic carbocycles. The van der Waals surface area contributed by atoms with Crippen LogP contribution in [-0.2, 0) is 0 Å². The summed E-state index contributed by atoms with van der Waals surface area (Å²) in [6, 6.07) is 11.3. The van der Waals surface area contributed by atoms with Crippen molar-refractivity contribution in [2.24, 2.45) is 0 Å². The Kier molecular flexibility index (Phi) is 5.09. The predicted octanol–water partition coefficient (Wildman–Crippen LogP) is 3.58. The molecule has 146 valence electrons. The zero-order chi connectivity index (χ0) is 19.7. The van der Waals surface area contributed by atoms with E-state index in [1.165, 1.54) is 5.56 Å². The standard InChI is InChI=1S/C21H23N3O3S/c1-14-7-8-17(27-3)18-19(14)28-21(22-18)24-11-9-23(10-12-24)20(25)15-5-4-6-16(13-15)26-2/h4-8,13H,9-12H2,1-3H3. The molecule has 1 aromatic heterocycles. The molecule has 1 amide bonds. The quantitative estimate of drug-likeness (QED) is 0.674. The van der Waals surface area contributed by atoms with Gasteiger partial charge in [0.25, 0.3) is 5.91 Å². The number of hydrogen-bond donors (Lipinski definition) is 0. The summed E-state index contributed by atoms with van der Waals surface area (Å²) in [6.45, 7) is 4.95. The molecule has 0 aliphatic carbocycles. The second-order valence-electron chi connectivity index (χ2n) is 6.77. The molecule has 1 saturated heterocycles. The Morgan fingerprint density at radius 1 is 1.07 bits per heavy atom. The minimum atomic E-state index is 0.0420. The van der Waals surface area contributed by atoms with Crippen molar-refractivity contribution in [2.45, 2.75) is 6.92 Å². The number of piperazine rings is 1. The van der Waals surface area contributed by atoms with Gasteiger partial charge < -0.3 is 19.3 Å². The van der Waals surface area contributed by atoms with Crippen molar-refractivity contribution in [3.05, 3.63) is 47.5 Å². The van der Waals surface area contributed by atoms with E-state index in [2.05, 4.69) is 17.9 Å². The maximum absolute atomic E-state index is 12.8. The first-order valence-corrected chi connectivity index (χ1v) is 10.0. The molecule has 0 saturated carbocycles. The van der Waals surface area contributed by atoms with Gasteiger partial charge >= 0.3 is 0 Å². The van der Waals surface area contributed by atoms with Crippen molar-refractivity contribution < 1.29 is 14.3 Å². The van der Waals surface area contributed by atoms with Gasteiger partial charge in [0.15, 0.2) is 5.13 Å². The topological polar surface area (TPSA) is 54.9 Å². The van der Waals surface area contributed by atoms with Crippen LogP contribution >= 0.6 is 11.3 Å². The van der Waals surface area contributed by atoms with E-state index in [4.69, 9.17) is 14.5 Å². The summed E-state index contributed by atoms with van der Waals surface area (Å²) in [6.07, 6.45) is 0. The molecule has 2 heterocycles. The van der Waals surface area contributed by atoms with Crippen LogP contribution in [0.5, 0.6) is 11.5 Å². The van der Waals surface area contributed by atoms with Crippen LogP contribution in [0.4, 0.5) is 5.13 Å². The van der Waals surface area contributed by atoms with Crippen LogP contribution in [0.25, 0.3) is 10.2 Å². The first kappa shape index (κ1) is 18.6. The minimum absolute atomic E-state index is 0.0420. The number of fused-ring (bicyclic) bond motifs is 1. The average Bonchev–Trinajstić information content (AvgIpc) is 3.20. The monoisotopic (exact) mass is 397 g/mol. The highest BCUT2D eigenvalue weighted by Gasteiger charge is 2.25. The number of rotatable bonds is 4. The second kappa shape index (κ2) is 7.67. The van der Waals surface area contributed by atoms with E-state index in [-0.39, 0.29) is 5.91 Å². The van der Waals surface area contributed by atoms with Gasteiger partial charge in [0.1, 0.15) is 17.0 Å². The van der Waals surface area contributed by atoms with Crippen molar-refractivity contribution >= 4 is 32.6 Å². The van der Waals surface area contributed by atoms with Crippen molar-refractivity contribution in [2.75, 3.05) is 45.3 Å². The molecule has 1 aliphatic rings. The molecule has 1 fully saturated rings. The van der Waals surface area contributed by atoms with Crippen molar-refractivity contribution in [3.63, 3.8) is 0 Å². The number of aryl methyl sites for hydroxylation is 1. The highest BCUT2D eigenvalue weighted by Crippen LogP contribution is 2.36. The molecule has 0 bridgehead atoms. The lowest BCUT2D eigenvalue weighted by Gasteiger charge is -2.34. The van der Waals surface area contributed by atoms with E-state index >= 15 is 0 Å². The Bertz CT molecular complexity index is 1010. The lowest BCUT2D eigenvalue weighted by atomic mass is 10.1. The number of benzene rings is 2. The van der Waals surface area contributed by atoms with E-state index < -0.39 is 0 Å². The molecule has 0 spiro atoms. The fourth-order valence-electron chi connectivity index (χ4n) is 3.44. The largest absolute Gasteiger partial charge is 0.497 e. The van der Waals surface area contributed by atoms with Gasteiger partial charge in [-0.2, -0.15) is 0 Å². The average molecular weight is 398 g/mol. The number of anilines is 1.